The minimum Gasteiger partial charge on any atom is -0.464 e. The number of amides is 3. The predicted octanol–water partition coefficient (Wildman–Crippen LogP) is 3.06. The van der Waals surface area contributed by atoms with Crippen molar-refractivity contribution in [1.82, 2.24) is 15.2 Å². The van der Waals surface area contributed by atoms with Crippen molar-refractivity contribution in [1.29, 1.82) is 0 Å². The first-order chi connectivity index (χ1) is 15.0. The smallest absolute Gasteiger partial charge is 0.356 e. The molecule has 0 spiro atoms. The summed E-state index contributed by atoms with van der Waals surface area (Å²) in [5.74, 6) is -0.945. The van der Waals surface area contributed by atoms with Crippen molar-refractivity contribution < 1.29 is 19.1 Å². The van der Waals surface area contributed by atoms with E-state index in [0.717, 1.165) is 10.5 Å². The van der Waals surface area contributed by atoms with Gasteiger partial charge in [0.15, 0.2) is 5.54 Å². The van der Waals surface area contributed by atoms with Gasteiger partial charge in [-0.1, -0.05) is 66.7 Å². The summed E-state index contributed by atoms with van der Waals surface area (Å²) in [6.45, 7) is -0.0567. The van der Waals surface area contributed by atoms with Crippen LogP contribution in [0.2, 0.25) is 0 Å². The van der Waals surface area contributed by atoms with Crippen LogP contribution in [0.1, 0.15) is 27.3 Å². The van der Waals surface area contributed by atoms with Crippen molar-refractivity contribution in [2.24, 2.45) is 0 Å². The van der Waals surface area contributed by atoms with Gasteiger partial charge < -0.3 is 10.1 Å². The molecule has 2 aromatic carbocycles. The Hall–Kier alpha value is -4.00. The van der Waals surface area contributed by atoms with Gasteiger partial charge in [-0.15, -0.1) is 0 Å². The lowest BCUT2D eigenvalue weighted by molar-refractivity contribution is -0.132. The van der Waals surface area contributed by atoms with Gasteiger partial charge in [0.25, 0.3) is 5.91 Å². The highest BCUT2D eigenvalue weighted by molar-refractivity contribution is 6.07. The van der Waals surface area contributed by atoms with Crippen molar-refractivity contribution in [2.45, 2.75) is 18.5 Å². The number of methoxy groups -OCH3 is 1. The first kappa shape index (κ1) is 20.3. The first-order valence-electron chi connectivity index (χ1n) is 9.81. The molecule has 1 fully saturated rings. The molecule has 0 saturated carbocycles. The molecular formula is C24H21N3O4. The standard InChI is InChI=1S/C24H21N3O4/c1-31-21(28)20-14-8-13-19(25-20)16-27-22(29)24(26-23(27)30,18-11-6-3-7-12-18)15-17-9-4-2-5-10-17/h2-14H,15-16H2,1H3,(H,26,30). The number of ether oxygens (including phenoxy) is 1. The molecule has 0 radical (unpaired) electrons. The number of carbonyl (C=O) groups excluding carboxylic acids is 3. The molecule has 156 valence electrons. The number of aromatic nitrogens is 1. The maximum Gasteiger partial charge on any atom is 0.356 e. The average molecular weight is 415 g/mol. The van der Waals surface area contributed by atoms with Gasteiger partial charge in [-0.05, 0) is 23.3 Å². The number of rotatable bonds is 6. The van der Waals surface area contributed by atoms with E-state index in [2.05, 4.69) is 10.3 Å². The van der Waals surface area contributed by atoms with Crippen LogP contribution in [-0.2, 0) is 28.0 Å². The summed E-state index contributed by atoms with van der Waals surface area (Å²) in [6.07, 6.45) is 0.314. The molecule has 7 heteroatoms. The molecule has 1 aliphatic heterocycles. The number of urea groups is 1. The fourth-order valence-corrected chi connectivity index (χ4v) is 3.76. The molecule has 1 aromatic heterocycles. The van der Waals surface area contributed by atoms with Gasteiger partial charge in [0, 0.05) is 6.42 Å². The summed E-state index contributed by atoms with van der Waals surface area (Å²) in [5.41, 5.74) is 0.934. The monoisotopic (exact) mass is 415 g/mol. The number of esters is 1. The topological polar surface area (TPSA) is 88.6 Å². The SMILES string of the molecule is COC(=O)c1cccc(CN2C(=O)NC(Cc3ccccc3)(c3ccccc3)C2=O)n1. The van der Waals surface area contributed by atoms with Gasteiger partial charge >= 0.3 is 12.0 Å². The van der Waals surface area contributed by atoms with Gasteiger partial charge in [-0.3, -0.25) is 9.69 Å². The fraction of sp³-hybridized carbons (Fsp3) is 0.167. The number of hydrogen-bond acceptors (Lipinski definition) is 5. The highest BCUT2D eigenvalue weighted by atomic mass is 16.5. The van der Waals surface area contributed by atoms with E-state index in [1.54, 1.807) is 12.1 Å². The van der Waals surface area contributed by atoms with Crippen LogP contribution in [0, 0.1) is 0 Å². The molecule has 31 heavy (non-hydrogen) atoms. The molecular weight excluding hydrogens is 394 g/mol. The van der Waals surface area contributed by atoms with Crippen LogP contribution in [-0.4, -0.2) is 34.9 Å². The number of imide groups is 1. The Morgan fingerprint density at radius 1 is 0.968 bits per heavy atom. The molecule has 3 aromatic rings. The Bertz CT molecular complexity index is 1120. The van der Waals surface area contributed by atoms with E-state index < -0.39 is 17.5 Å². The van der Waals surface area contributed by atoms with Crippen LogP contribution in [0.4, 0.5) is 4.79 Å². The second kappa shape index (κ2) is 8.39. The lowest BCUT2D eigenvalue weighted by Crippen LogP contribution is -2.46. The molecule has 1 aliphatic rings. The third-order valence-corrected chi connectivity index (χ3v) is 5.28. The highest BCUT2D eigenvalue weighted by Crippen LogP contribution is 2.33. The molecule has 2 heterocycles. The quantitative estimate of drug-likeness (QED) is 0.494. The van der Waals surface area contributed by atoms with Gasteiger partial charge in [-0.25, -0.2) is 14.6 Å². The first-order valence-corrected chi connectivity index (χ1v) is 9.81. The zero-order valence-corrected chi connectivity index (χ0v) is 16.9. The lowest BCUT2D eigenvalue weighted by Gasteiger charge is -2.27. The zero-order chi connectivity index (χ0) is 21.8. The Balaban J connectivity index is 1.69. The van der Waals surface area contributed by atoms with Crippen molar-refractivity contribution in [2.75, 3.05) is 7.11 Å². The van der Waals surface area contributed by atoms with E-state index in [1.807, 2.05) is 60.7 Å². The molecule has 3 amide bonds. The Morgan fingerprint density at radius 3 is 2.32 bits per heavy atom. The maximum absolute atomic E-state index is 13.6. The molecule has 0 aliphatic carbocycles. The van der Waals surface area contributed by atoms with Crippen LogP contribution < -0.4 is 5.32 Å². The van der Waals surface area contributed by atoms with Crippen LogP contribution in [0.15, 0.2) is 78.9 Å². The summed E-state index contributed by atoms with van der Waals surface area (Å²) in [4.78, 5) is 43.7. The number of pyridine rings is 1. The van der Waals surface area contributed by atoms with E-state index in [0.29, 0.717) is 17.7 Å². The van der Waals surface area contributed by atoms with Crippen LogP contribution >= 0.6 is 0 Å². The Morgan fingerprint density at radius 2 is 1.65 bits per heavy atom. The van der Waals surface area contributed by atoms with Crippen molar-refractivity contribution >= 4 is 17.9 Å². The summed E-state index contributed by atoms with van der Waals surface area (Å²) in [5, 5.41) is 2.92. The molecule has 0 bridgehead atoms. The summed E-state index contributed by atoms with van der Waals surface area (Å²) < 4.78 is 4.70. The normalized spacial score (nSPS) is 18.0. The molecule has 1 saturated heterocycles. The van der Waals surface area contributed by atoms with Gasteiger partial charge in [0.2, 0.25) is 0 Å². The van der Waals surface area contributed by atoms with E-state index >= 15 is 0 Å². The number of benzene rings is 2. The highest BCUT2D eigenvalue weighted by Gasteiger charge is 2.52. The molecule has 7 nitrogen and oxygen atoms in total. The second-order valence-electron chi connectivity index (χ2n) is 7.26. The molecule has 4 rings (SSSR count). The minimum absolute atomic E-state index is 0.0567. The predicted molar refractivity (Wildman–Crippen MR) is 113 cm³/mol. The number of hydrogen-bond donors (Lipinski definition) is 1. The van der Waals surface area contributed by atoms with E-state index in [-0.39, 0.29) is 18.1 Å². The van der Waals surface area contributed by atoms with E-state index in [4.69, 9.17) is 4.74 Å². The summed E-state index contributed by atoms with van der Waals surface area (Å²) in [6, 6.07) is 23.1. The van der Waals surface area contributed by atoms with Crippen LogP contribution in [0.25, 0.3) is 0 Å². The number of nitrogens with zero attached hydrogens (tertiary/aromatic N) is 2. The summed E-state index contributed by atoms with van der Waals surface area (Å²) >= 11 is 0. The minimum atomic E-state index is -1.22. The van der Waals surface area contributed by atoms with Crippen LogP contribution in [0.5, 0.6) is 0 Å². The fourth-order valence-electron chi connectivity index (χ4n) is 3.76. The van der Waals surface area contributed by atoms with Gasteiger partial charge in [0.05, 0.1) is 19.3 Å². The third-order valence-electron chi connectivity index (χ3n) is 5.28. The number of carbonyl (C=O) groups is 3. The lowest BCUT2D eigenvalue weighted by atomic mass is 9.83. The maximum atomic E-state index is 13.6. The third kappa shape index (κ3) is 3.90. The van der Waals surface area contributed by atoms with Crippen molar-refractivity contribution in [3.63, 3.8) is 0 Å². The molecule has 1 N–H and O–H groups in total. The zero-order valence-electron chi connectivity index (χ0n) is 16.9. The molecule has 1 atom stereocenters. The summed E-state index contributed by atoms with van der Waals surface area (Å²) in [7, 11) is 1.27. The molecule has 1 unspecified atom stereocenters. The Kier molecular flexibility index (Phi) is 5.49. The van der Waals surface area contributed by atoms with Crippen molar-refractivity contribution in [3.8, 4) is 0 Å². The van der Waals surface area contributed by atoms with Crippen LogP contribution in [0.3, 0.4) is 0 Å². The van der Waals surface area contributed by atoms with E-state index in [1.165, 1.54) is 13.2 Å². The van der Waals surface area contributed by atoms with Gasteiger partial charge in [0.1, 0.15) is 5.69 Å². The van der Waals surface area contributed by atoms with Gasteiger partial charge in [-0.2, -0.15) is 0 Å². The average Bonchev–Trinajstić information content (AvgIpc) is 3.05. The number of nitrogens with one attached hydrogen (secondary N) is 1. The largest absolute Gasteiger partial charge is 0.464 e. The van der Waals surface area contributed by atoms with E-state index in [9.17, 15) is 14.4 Å². The second-order valence-corrected chi connectivity index (χ2v) is 7.26. The van der Waals surface area contributed by atoms with Crippen molar-refractivity contribution in [3.05, 3.63) is 101 Å². The Labute approximate surface area is 179 Å².